The lowest BCUT2D eigenvalue weighted by Crippen LogP contribution is -2.37. The van der Waals surface area contributed by atoms with E-state index >= 15 is 0 Å². The number of benzene rings is 1. The van der Waals surface area contributed by atoms with Crippen LogP contribution < -0.4 is 24.3 Å². The minimum atomic E-state index is 0.436. The van der Waals surface area contributed by atoms with Gasteiger partial charge in [0, 0.05) is 62.4 Å². The van der Waals surface area contributed by atoms with Crippen molar-refractivity contribution >= 4 is 34.5 Å². The molecule has 1 aromatic carbocycles. The van der Waals surface area contributed by atoms with Gasteiger partial charge in [-0.25, -0.2) is 4.57 Å². The van der Waals surface area contributed by atoms with Crippen LogP contribution in [0.3, 0.4) is 0 Å². The van der Waals surface area contributed by atoms with E-state index in [0.29, 0.717) is 22.6 Å². The maximum atomic E-state index is 6.79. The van der Waals surface area contributed by atoms with Crippen molar-refractivity contribution in [2.75, 3.05) is 43.3 Å². The van der Waals surface area contributed by atoms with Crippen LogP contribution in [0.2, 0.25) is 5.02 Å². The van der Waals surface area contributed by atoms with Crippen molar-refractivity contribution in [3.8, 4) is 11.8 Å². The van der Waals surface area contributed by atoms with Gasteiger partial charge in [0.25, 0.3) is 0 Å². The van der Waals surface area contributed by atoms with Gasteiger partial charge >= 0.3 is 11.8 Å². The number of rotatable bonds is 6. The van der Waals surface area contributed by atoms with Crippen LogP contribution in [-0.2, 0) is 0 Å². The highest BCUT2D eigenvalue weighted by Crippen LogP contribution is 2.26. The van der Waals surface area contributed by atoms with Gasteiger partial charge in [-0.3, -0.25) is 0 Å². The molecule has 0 fully saturated rings. The predicted molar refractivity (Wildman–Crippen MR) is 128 cm³/mol. The molecule has 4 aromatic rings. The van der Waals surface area contributed by atoms with E-state index in [9.17, 15) is 0 Å². The highest BCUT2D eigenvalue weighted by Gasteiger charge is 2.28. The summed E-state index contributed by atoms with van der Waals surface area (Å²) in [6.45, 7) is 0. The fourth-order valence-electron chi connectivity index (χ4n) is 3.16. The van der Waals surface area contributed by atoms with Crippen molar-refractivity contribution in [3.05, 3.63) is 84.4 Å². The lowest BCUT2D eigenvalue weighted by Gasteiger charge is -2.12. The minimum Gasteiger partial charge on any atom is -0.377 e. The second-order valence-electron chi connectivity index (χ2n) is 7.72. The van der Waals surface area contributed by atoms with E-state index in [-0.39, 0.29) is 0 Å². The Bertz CT molecular complexity index is 1190. The van der Waals surface area contributed by atoms with Gasteiger partial charge in [0.2, 0.25) is 5.82 Å². The topological polar surface area (TPSA) is 52.1 Å². The van der Waals surface area contributed by atoms with E-state index in [2.05, 4.69) is 5.32 Å². The van der Waals surface area contributed by atoms with Crippen LogP contribution in [0.15, 0.2) is 79.4 Å². The summed E-state index contributed by atoms with van der Waals surface area (Å²) in [5.74, 6) is 1.63. The third-order valence-electron chi connectivity index (χ3n) is 4.99. The molecule has 0 aliphatic carbocycles. The fourth-order valence-corrected chi connectivity index (χ4v) is 3.39. The number of hydrogen-bond donors (Lipinski definition) is 1. The molecule has 4 rings (SSSR count). The molecule has 8 heteroatoms. The summed E-state index contributed by atoms with van der Waals surface area (Å²) < 4.78 is 3.77. The van der Waals surface area contributed by atoms with Crippen LogP contribution in [0.1, 0.15) is 0 Å². The molecule has 0 radical (unpaired) electrons. The summed E-state index contributed by atoms with van der Waals surface area (Å²) >= 11 is 6.79. The molecule has 0 amide bonds. The molecule has 0 bridgehead atoms. The van der Waals surface area contributed by atoms with Crippen LogP contribution in [0, 0.1) is 0 Å². The number of aromatic nitrogens is 4. The van der Waals surface area contributed by atoms with Gasteiger partial charge < -0.3 is 15.1 Å². The molecule has 7 nitrogen and oxygen atoms in total. The van der Waals surface area contributed by atoms with Crippen LogP contribution in [0.25, 0.3) is 11.8 Å². The normalized spacial score (nSPS) is 10.7. The molecule has 3 heterocycles. The Balaban J connectivity index is 1.82. The summed E-state index contributed by atoms with van der Waals surface area (Å²) in [7, 11) is 8.02. The molecule has 0 saturated carbocycles. The predicted octanol–water partition coefficient (Wildman–Crippen LogP) is 3.56. The number of pyridine rings is 2. The van der Waals surface area contributed by atoms with Gasteiger partial charge in [0.1, 0.15) is 0 Å². The molecule has 3 aromatic heterocycles. The first-order valence-corrected chi connectivity index (χ1v) is 10.6. The minimum absolute atomic E-state index is 0.436. The first-order chi connectivity index (χ1) is 15.4. The summed E-state index contributed by atoms with van der Waals surface area (Å²) in [5, 5.41) is 3.76. The van der Waals surface area contributed by atoms with Crippen molar-refractivity contribution < 1.29 is 9.13 Å². The van der Waals surface area contributed by atoms with Crippen molar-refractivity contribution in [2.45, 2.75) is 0 Å². The number of anilines is 4. The average molecular weight is 448 g/mol. The van der Waals surface area contributed by atoms with E-state index in [1.807, 2.05) is 127 Å². The second kappa shape index (κ2) is 9.20. The standard InChI is InChI=1S/C24H26ClN7/c1-29(2)19-10-14-31(15-11-19)23-21(25)22(26-18-8-6-5-7-9-18)27-24(28-23)32-16-12-20(13-17-32)30(3)4/h5-17H,1-4H3,(H,26,27,28)/q+2. The van der Waals surface area contributed by atoms with Crippen LogP contribution >= 0.6 is 11.6 Å². The van der Waals surface area contributed by atoms with Gasteiger partial charge in [-0.05, 0) is 29.2 Å². The number of para-hydroxylation sites is 1. The Morgan fingerprint density at radius 3 is 1.78 bits per heavy atom. The zero-order chi connectivity index (χ0) is 22.7. The summed E-state index contributed by atoms with van der Waals surface area (Å²) in [6.07, 6.45) is 7.77. The zero-order valence-electron chi connectivity index (χ0n) is 18.6. The van der Waals surface area contributed by atoms with E-state index < -0.39 is 0 Å². The largest absolute Gasteiger partial charge is 0.479 e. The lowest BCUT2D eigenvalue weighted by molar-refractivity contribution is -0.614. The maximum Gasteiger partial charge on any atom is 0.479 e. The molecule has 162 valence electrons. The van der Waals surface area contributed by atoms with Gasteiger partial charge in [-0.1, -0.05) is 29.8 Å². The van der Waals surface area contributed by atoms with Crippen molar-refractivity contribution in [3.63, 3.8) is 0 Å². The SMILES string of the molecule is CN(C)c1cc[n+](-c2nc(Nc3ccccc3)c(Cl)c(-[n+]3ccc(N(C)C)cc3)n2)cc1. The van der Waals surface area contributed by atoms with Gasteiger partial charge in [-0.15, -0.1) is 0 Å². The van der Waals surface area contributed by atoms with Crippen LogP contribution in [-0.4, -0.2) is 38.2 Å². The molecule has 32 heavy (non-hydrogen) atoms. The second-order valence-corrected chi connectivity index (χ2v) is 8.09. The third-order valence-corrected chi connectivity index (χ3v) is 5.34. The average Bonchev–Trinajstić information content (AvgIpc) is 2.81. The quantitative estimate of drug-likeness (QED) is 0.458. The Morgan fingerprint density at radius 2 is 1.25 bits per heavy atom. The summed E-state index contributed by atoms with van der Waals surface area (Å²) in [5.41, 5.74) is 3.07. The van der Waals surface area contributed by atoms with Gasteiger partial charge in [0.05, 0.1) is 24.8 Å². The van der Waals surface area contributed by atoms with E-state index in [4.69, 9.17) is 21.6 Å². The molecule has 0 aliphatic heterocycles. The van der Waals surface area contributed by atoms with Crippen molar-refractivity contribution in [1.82, 2.24) is 9.97 Å². The van der Waals surface area contributed by atoms with Crippen molar-refractivity contribution in [2.24, 2.45) is 0 Å². The maximum absolute atomic E-state index is 6.79. The molecule has 0 unspecified atom stereocenters. The number of nitrogens with one attached hydrogen (secondary N) is 1. The molecule has 0 aliphatic rings. The molecule has 0 spiro atoms. The van der Waals surface area contributed by atoms with Crippen LogP contribution in [0.5, 0.6) is 0 Å². The van der Waals surface area contributed by atoms with Crippen LogP contribution in [0.4, 0.5) is 22.9 Å². The molecule has 0 atom stereocenters. The Labute approximate surface area is 193 Å². The zero-order valence-corrected chi connectivity index (χ0v) is 19.3. The van der Waals surface area contributed by atoms with E-state index in [0.717, 1.165) is 17.1 Å². The third kappa shape index (κ3) is 4.63. The fraction of sp³-hybridized carbons (Fsp3) is 0.167. The van der Waals surface area contributed by atoms with Gasteiger partial charge in [0.15, 0.2) is 5.02 Å². The molecular weight excluding hydrogens is 422 g/mol. The molecule has 0 saturated heterocycles. The number of nitrogens with zero attached hydrogens (tertiary/aromatic N) is 6. The smallest absolute Gasteiger partial charge is 0.377 e. The van der Waals surface area contributed by atoms with E-state index in [1.165, 1.54) is 0 Å². The Hall–Kier alpha value is -3.71. The highest BCUT2D eigenvalue weighted by atomic mass is 35.5. The number of halogens is 1. The summed E-state index contributed by atoms with van der Waals surface area (Å²) in [6, 6.07) is 17.9. The molecular formula is C24H26ClN7+2. The lowest BCUT2D eigenvalue weighted by atomic mass is 10.3. The first-order valence-electron chi connectivity index (χ1n) is 10.2. The van der Waals surface area contributed by atoms with E-state index in [1.54, 1.807) is 0 Å². The first kappa shape index (κ1) is 21.5. The van der Waals surface area contributed by atoms with Gasteiger partial charge in [-0.2, -0.15) is 4.57 Å². The van der Waals surface area contributed by atoms with Crippen molar-refractivity contribution in [1.29, 1.82) is 0 Å². The summed E-state index contributed by atoms with van der Waals surface area (Å²) in [4.78, 5) is 13.6. The highest BCUT2D eigenvalue weighted by molar-refractivity contribution is 6.34. The molecule has 1 N–H and O–H groups in total. The Kier molecular flexibility index (Phi) is 6.18. The number of hydrogen-bond acceptors (Lipinski definition) is 5. The monoisotopic (exact) mass is 447 g/mol. The Morgan fingerprint density at radius 1 is 0.719 bits per heavy atom.